The Bertz CT molecular complexity index is 958. The summed E-state index contributed by atoms with van der Waals surface area (Å²) in [4.78, 5) is 5.21. The zero-order valence-electron chi connectivity index (χ0n) is 13.3. The quantitative estimate of drug-likeness (QED) is 0.571. The van der Waals surface area contributed by atoms with Crippen molar-refractivity contribution in [1.29, 1.82) is 0 Å². The van der Waals surface area contributed by atoms with Crippen molar-refractivity contribution < 1.29 is 13.9 Å². The number of fused-ring (bicyclic) bond motifs is 1. The lowest BCUT2D eigenvalue weighted by molar-refractivity contribution is 0.0476. The molecule has 0 spiro atoms. The fourth-order valence-electron chi connectivity index (χ4n) is 2.45. The van der Waals surface area contributed by atoms with Gasteiger partial charge >= 0.3 is 0 Å². The number of halogens is 1. The van der Waals surface area contributed by atoms with Crippen LogP contribution in [0.5, 0.6) is 0 Å². The molecule has 6 nitrogen and oxygen atoms in total. The highest BCUT2D eigenvalue weighted by molar-refractivity contribution is 7.20. The maximum atomic E-state index is 13.0. The van der Waals surface area contributed by atoms with Gasteiger partial charge in [0, 0.05) is 5.56 Å². The van der Waals surface area contributed by atoms with Crippen molar-refractivity contribution in [2.75, 3.05) is 11.9 Å². The highest BCUT2D eigenvalue weighted by atomic mass is 32.1. The lowest BCUT2D eigenvalue weighted by Crippen LogP contribution is -2.30. The van der Waals surface area contributed by atoms with E-state index in [-0.39, 0.29) is 12.4 Å². The maximum absolute atomic E-state index is 13.0. The SMILES string of the molecule is CC(O)(CNc1nn2cc(-c3ccc(F)cc3)nc2s1)c1ccco1. The summed E-state index contributed by atoms with van der Waals surface area (Å²) in [6.45, 7) is 1.92. The van der Waals surface area contributed by atoms with E-state index in [0.717, 1.165) is 11.3 Å². The molecule has 0 amide bonds. The Hall–Kier alpha value is -2.71. The van der Waals surface area contributed by atoms with Gasteiger partial charge in [-0.3, -0.25) is 0 Å². The van der Waals surface area contributed by atoms with Gasteiger partial charge in [-0.25, -0.2) is 13.9 Å². The molecule has 3 heterocycles. The van der Waals surface area contributed by atoms with Crippen LogP contribution >= 0.6 is 11.3 Å². The van der Waals surface area contributed by atoms with Crippen LogP contribution in [0.2, 0.25) is 0 Å². The van der Waals surface area contributed by atoms with Crippen LogP contribution in [-0.4, -0.2) is 26.2 Å². The van der Waals surface area contributed by atoms with Crippen molar-refractivity contribution >= 4 is 21.4 Å². The van der Waals surface area contributed by atoms with Gasteiger partial charge < -0.3 is 14.8 Å². The van der Waals surface area contributed by atoms with Gasteiger partial charge in [-0.05, 0) is 43.3 Å². The van der Waals surface area contributed by atoms with Crippen molar-refractivity contribution in [3.05, 3.63) is 60.4 Å². The first-order valence-corrected chi connectivity index (χ1v) is 8.45. The molecule has 8 heteroatoms. The second-order valence-corrected chi connectivity index (χ2v) is 6.83. The van der Waals surface area contributed by atoms with Gasteiger partial charge in [0.15, 0.2) is 0 Å². The highest BCUT2D eigenvalue weighted by Gasteiger charge is 2.26. The van der Waals surface area contributed by atoms with Crippen molar-refractivity contribution in [3.63, 3.8) is 0 Å². The van der Waals surface area contributed by atoms with Gasteiger partial charge in [0.25, 0.3) is 0 Å². The second kappa shape index (κ2) is 5.98. The average Bonchev–Trinajstić information content (AvgIpc) is 3.30. The third kappa shape index (κ3) is 3.13. The first kappa shape index (κ1) is 15.8. The molecule has 0 saturated carbocycles. The van der Waals surface area contributed by atoms with E-state index in [2.05, 4.69) is 15.4 Å². The summed E-state index contributed by atoms with van der Waals surface area (Å²) in [6, 6.07) is 9.63. The highest BCUT2D eigenvalue weighted by Crippen LogP contribution is 2.26. The van der Waals surface area contributed by atoms with E-state index in [9.17, 15) is 9.50 Å². The minimum atomic E-state index is -1.14. The smallest absolute Gasteiger partial charge is 0.214 e. The summed E-state index contributed by atoms with van der Waals surface area (Å²) in [7, 11) is 0. The van der Waals surface area contributed by atoms with E-state index in [1.807, 2.05) is 0 Å². The summed E-state index contributed by atoms with van der Waals surface area (Å²) in [5.74, 6) is 0.206. The molecule has 4 rings (SSSR count). The average molecular weight is 358 g/mol. The van der Waals surface area contributed by atoms with Crippen molar-refractivity contribution in [2.45, 2.75) is 12.5 Å². The van der Waals surface area contributed by atoms with Crippen LogP contribution in [0.4, 0.5) is 9.52 Å². The van der Waals surface area contributed by atoms with Crippen LogP contribution in [0.3, 0.4) is 0 Å². The summed E-state index contributed by atoms with van der Waals surface area (Å²) >= 11 is 1.37. The molecule has 0 aliphatic heterocycles. The van der Waals surface area contributed by atoms with Gasteiger partial charge in [0.2, 0.25) is 10.1 Å². The third-order valence-corrected chi connectivity index (χ3v) is 4.70. The number of imidazole rings is 1. The Labute approximate surface area is 146 Å². The van der Waals surface area contributed by atoms with Crippen LogP contribution in [0.15, 0.2) is 53.3 Å². The van der Waals surface area contributed by atoms with Crippen LogP contribution in [0.25, 0.3) is 16.2 Å². The van der Waals surface area contributed by atoms with Gasteiger partial charge in [0.1, 0.15) is 17.2 Å². The van der Waals surface area contributed by atoms with Gasteiger partial charge in [-0.1, -0.05) is 11.3 Å². The lowest BCUT2D eigenvalue weighted by atomic mass is 10.0. The third-order valence-electron chi connectivity index (χ3n) is 3.82. The van der Waals surface area contributed by atoms with E-state index >= 15 is 0 Å². The Morgan fingerprint density at radius 2 is 2.12 bits per heavy atom. The maximum Gasteiger partial charge on any atom is 0.214 e. The topological polar surface area (TPSA) is 75.6 Å². The number of anilines is 1. The van der Waals surface area contributed by atoms with Gasteiger partial charge in [-0.2, -0.15) is 0 Å². The van der Waals surface area contributed by atoms with Crippen LogP contribution in [0.1, 0.15) is 12.7 Å². The molecule has 3 aromatic heterocycles. The molecule has 4 aromatic rings. The fraction of sp³-hybridized carbons (Fsp3) is 0.176. The normalized spacial score (nSPS) is 13.9. The summed E-state index contributed by atoms with van der Waals surface area (Å²) in [5, 5.41) is 18.6. The molecule has 0 saturated heterocycles. The van der Waals surface area contributed by atoms with Crippen molar-refractivity contribution in [1.82, 2.24) is 14.6 Å². The van der Waals surface area contributed by atoms with E-state index in [0.29, 0.717) is 15.9 Å². The number of furan rings is 1. The molecule has 0 aliphatic rings. The number of benzene rings is 1. The number of aromatic nitrogens is 3. The molecular weight excluding hydrogens is 343 g/mol. The minimum Gasteiger partial charge on any atom is -0.466 e. The van der Waals surface area contributed by atoms with E-state index in [4.69, 9.17) is 4.42 Å². The molecule has 2 N–H and O–H groups in total. The first-order chi connectivity index (χ1) is 12.0. The second-order valence-electron chi connectivity index (χ2n) is 5.87. The zero-order chi connectivity index (χ0) is 17.4. The molecule has 0 aliphatic carbocycles. The Balaban J connectivity index is 1.51. The molecule has 128 valence electrons. The molecule has 0 fully saturated rings. The number of nitrogens with one attached hydrogen (secondary N) is 1. The zero-order valence-corrected chi connectivity index (χ0v) is 14.1. The fourth-order valence-corrected chi connectivity index (χ4v) is 3.23. The summed E-state index contributed by atoms with van der Waals surface area (Å²) in [5.41, 5.74) is 0.415. The van der Waals surface area contributed by atoms with E-state index in [1.54, 1.807) is 41.9 Å². The Morgan fingerprint density at radius 3 is 2.80 bits per heavy atom. The van der Waals surface area contributed by atoms with Crippen LogP contribution in [0, 0.1) is 5.82 Å². The summed E-state index contributed by atoms with van der Waals surface area (Å²) < 4.78 is 19.9. The predicted octanol–water partition coefficient (Wildman–Crippen LogP) is 3.51. The number of nitrogens with zero attached hydrogens (tertiary/aromatic N) is 3. The molecule has 25 heavy (non-hydrogen) atoms. The Kier molecular flexibility index (Phi) is 3.78. The molecule has 1 atom stereocenters. The van der Waals surface area contributed by atoms with Gasteiger partial charge in [0.05, 0.1) is 24.7 Å². The van der Waals surface area contributed by atoms with Crippen molar-refractivity contribution in [3.8, 4) is 11.3 Å². The molecule has 0 radical (unpaired) electrons. The van der Waals surface area contributed by atoms with Gasteiger partial charge in [-0.15, -0.1) is 5.10 Å². The number of hydrogen-bond donors (Lipinski definition) is 2. The monoisotopic (exact) mass is 358 g/mol. The molecule has 1 unspecified atom stereocenters. The predicted molar refractivity (Wildman–Crippen MR) is 93.0 cm³/mol. The van der Waals surface area contributed by atoms with E-state index < -0.39 is 5.60 Å². The molecular formula is C17H15FN4O2S. The number of aliphatic hydroxyl groups is 1. The van der Waals surface area contributed by atoms with Crippen molar-refractivity contribution in [2.24, 2.45) is 0 Å². The number of hydrogen-bond acceptors (Lipinski definition) is 6. The molecule has 1 aromatic carbocycles. The Morgan fingerprint density at radius 1 is 1.32 bits per heavy atom. The van der Waals surface area contributed by atoms with E-state index in [1.165, 1.54) is 29.7 Å². The number of rotatable bonds is 5. The van der Waals surface area contributed by atoms with Crippen LogP contribution in [-0.2, 0) is 5.60 Å². The lowest BCUT2D eigenvalue weighted by Gasteiger charge is -2.20. The molecule has 0 bridgehead atoms. The minimum absolute atomic E-state index is 0.252. The largest absolute Gasteiger partial charge is 0.466 e. The summed E-state index contributed by atoms with van der Waals surface area (Å²) in [6.07, 6.45) is 3.31. The first-order valence-electron chi connectivity index (χ1n) is 7.64. The standard InChI is InChI=1S/C17H15FN4O2S/c1-17(23,14-3-2-8-24-14)10-19-15-21-22-9-13(20-16(22)25-15)11-4-6-12(18)7-5-11/h2-9,23H,10H2,1H3,(H,19,21). The van der Waals surface area contributed by atoms with Crippen LogP contribution < -0.4 is 5.32 Å².